The first-order chi connectivity index (χ1) is 8.00. The van der Waals surface area contributed by atoms with Crippen molar-refractivity contribution in [2.45, 2.75) is 0 Å². The fraction of sp³-hybridized carbons (Fsp3) is 0. The first-order valence-electron chi connectivity index (χ1n) is 3.49. The third-order valence-corrected chi connectivity index (χ3v) is 0. The van der Waals surface area contributed by atoms with Crippen LogP contribution < -0.4 is 0 Å². The Morgan fingerprint density at radius 3 is 0.238 bits per heavy atom. The predicted molar refractivity (Wildman–Crippen MR) is 40.7 cm³/mol. The van der Waals surface area contributed by atoms with Crippen LogP contribution in [0.25, 0.3) is 0 Å². The van der Waals surface area contributed by atoms with Gasteiger partial charge in [0.25, 0.3) is 0 Å². The number of halogens is 16. The molecule has 21 heteroatoms. The standard InChI is InChI=1S/4BF4.Hg/c4*2-1(3,4)5;/q4*-1;. The summed E-state index contributed by atoms with van der Waals surface area (Å²) in [5.74, 6) is 0. The fourth-order valence-electron chi connectivity index (χ4n) is 0. The molecule has 0 saturated carbocycles. The maximum atomic E-state index is 9.75. The van der Waals surface area contributed by atoms with Gasteiger partial charge in [0.1, 0.15) is 0 Å². The maximum absolute atomic E-state index is 9.75. The van der Waals surface area contributed by atoms with E-state index in [1.54, 1.807) is 0 Å². The van der Waals surface area contributed by atoms with Crippen molar-refractivity contribution in [2.24, 2.45) is 0 Å². The minimum absolute atomic E-state index is 0. The molecule has 0 aliphatic heterocycles. The monoisotopic (exact) mass is 550 g/mol. The molecule has 0 spiro atoms. The Bertz CT molecular complexity index is 130. The van der Waals surface area contributed by atoms with E-state index in [0.717, 1.165) is 0 Å². The number of rotatable bonds is 0. The number of hydrogen-bond donors (Lipinski definition) is 0. The molecule has 0 atom stereocenters. The minimum atomic E-state index is -6.00. The Morgan fingerprint density at radius 1 is 0.238 bits per heavy atom. The topological polar surface area (TPSA) is 0 Å². The second-order valence-corrected chi connectivity index (χ2v) is 1.98. The molecule has 0 amide bonds. The van der Waals surface area contributed by atoms with E-state index in [0.29, 0.717) is 0 Å². The van der Waals surface area contributed by atoms with Crippen LogP contribution >= 0.6 is 0 Å². The summed E-state index contributed by atoms with van der Waals surface area (Å²) >= 11 is 0. The zero-order valence-electron chi connectivity index (χ0n) is 9.06. The molecule has 0 aromatic carbocycles. The van der Waals surface area contributed by atoms with Crippen LogP contribution in [0.5, 0.6) is 0 Å². The molecular formula is B4F16Hg-4. The Kier molecular flexibility index (Phi) is 19.7. The van der Waals surface area contributed by atoms with Crippen molar-refractivity contribution in [3.05, 3.63) is 0 Å². The molecule has 0 N–H and O–H groups in total. The van der Waals surface area contributed by atoms with Gasteiger partial charge in [-0.25, -0.2) is 0 Å². The van der Waals surface area contributed by atoms with E-state index in [1.807, 2.05) is 0 Å². The minimum Gasteiger partial charge on any atom is -0.418 e. The molecule has 0 aromatic rings. The van der Waals surface area contributed by atoms with Gasteiger partial charge in [-0.05, 0) is 0 Å². The van der Waals surface area contributed by atoms with Crippen molar-refractivity contribution in [3.63, 3.8) is 0 Å². The van der Waals surface area contributed by atoms with Gasteiger partial charge in [-0.3, -0.25) is 0 Å². The van der Waals surface area contributed by atoms with Crippen molar-refractivity contribution in [1.29, 1.82) is 0 Å². The molecular weight excluding hydrogens is 548 g/mol. The van der Waals surface area contributed by atoms with Crippen LogP contribution in [0.1, 0.15) is 0 Å². The van der Waals surface area contributed by atoms with Gasteiger partial charge < -0.3 is 69.1 Å². The summed E-state index contributed by atoms with van der Waals surface area (Å²) in [7, 11) is -24.0. The van der Waals surface area contributed by atoms with Gasteiger partial charge in [-0.15, -0.1) is 0 Å². The van der Waals surface area contributed by atoms with Crippen LogP contribution in [0.4, 0.5) is 69.1 Å². The van der Waals surface area contributed by atoms with Gasteiger partial charge in [-0.2, -0.15) is 0 Å². The quantitative estimate of drug-likeness (QED) is 0.289. The Hall–Kier alpha value is 0.0748. The van der Waals surface area contributed by atoms with Crippen molar-refractivity contribution in [2.75, 3.05) is 0 Å². The summed E-state index contributed by atoms with van der Waals surface area (Å²) in [6.45, 7) is 0. The van der Waals surface area contributed by atoms with Crippen LogP contribution in [-0.4, -0.2) is 29.0 Å². The van der Waals surface area contributed by atoms with E-state index < -0.39 is 29.0 Å². The first-order valence-corrected chi connectivity index (χ1v) is 3.49. The summed E-state index contributed by atoms with van der Waals surface area (Å²) in [5.41, 5.74) is 0. The van der Waals surface area contributed by atoms with Crippen molar-refractivity contribution in [1.82, 2.24) is 0 Å². The summed E-state index contributed by atoms with van der Waals surface area (Å²) in [6.07, 6.45) is 0. The third-order valence-electron chi connectivity index (χ3n) is 0. The number of hydrogen-bond acceptors (Lipinski definition) is 0. The van der Waals surface area contributed by atoms with Gasteiger partial charge in [0, 0.05) is 27.7 Å². The van der Waals surface area contributed by atoms with Crippen molar-refractivity contribution >= 4 is 29.0 Å². The average molecular weight is 548 g/mol. The van der Waals surface area contributed by atoms with E-state index >= 15 is 0 Å². The molecule has 0 rings (SSSR count). The van der Waals surface area contributed by atoms with Crippen molar-refractivity contribution in [3.8, 4) is 0 Å². The molecule has 21 heavy (non-hydrogen) atoms. The van der Waals surface area contributed by atoms with Crippen LogP contribution in [0, 0.1) is 0 Å². The van der Waals surface area contributed by atoms with E-state index in [-0.39, 0.29) is 27.7 Å². The molecule has 0 nitrogen and oxygen atoms in total. The van der Waals surface area contributed by atoms with Crippen LogP contribution in [0.3, 0.4) is 0 Å². The zero-order chi connectivity index (χ0) is 18.0. The van der Waals surface area contributed by atoms with Crippen LogP contribution in [0.2, 0.25) is 0 Å². The molecule has 0 unspecified atom stereocenters. The van der Waals surface area contributed by atoms with E-state index in [1.165, 1.54) is 0 Å². The van der Waals surface area contributed by atoms with E-state index in [2.05, 4.69) is 0 Å². The molecule has 0 fully saturated rings. The summed E-state index contributed by atoms with van der Waals surface area (Å²) in [4.78, 5) is 0. The predicted octanol–water partition coefficient (Wildman–Crippen LogP) is 5.20. The molecule has 0 heterocycles. The van der Waals surface area contributed by atoms with Gasteiger partial charge in [0.2, 0.25) is 0 Å². The molecule has 0 aliphatic carbocycles. The van der Waals surface area contributed by atoms with Gasteiger partial charge >= 0.3 is 29.0 Å². The second-order valence-electron chi connectivity index (χ2n) is 1.98. The Morgan fingerprint density at radius 2 is 0.238 bits per heavy atom. The molecule has 130 valence electrons. The van der Waals surface area contributed by atoms with Crippen LogP contribution in [0.15, 0.2) is 0 Å². The molecule has 0 saturated heterocycles. The molecule has 0 aliphatic rings. The first kappa shape index (κ1) is 32.9. The average Bonchev–Trinajstić information content (AvgIpc) is 1.62. The molecule has 0 aromatic heterocycles. The van der Waals surface area contributed by atoms with Crippen molar-refractivity contribution < 1.29 is 96.7 Å². The van der Waals surface area contributed by atoms with Gasteiger partial charge in [0.05, 0.1) is 0 Å². The Balaban J connectivity index is -0.0000000533. The third kappa shape index (κ3) is 1170000. The summed E-state index contributed by atoms with van der Waals surface area (Å²) < 4.78 is 156. The van der Waals surface area contributed by atoms with Gasteiger partial charge in [-0.1, -0.05) is 0 Å². The fourth-order valence-corrected chi connectivity index (χ4v) is 0. The SMILES string of the molecule is F[B-](F)(F)F.F[B-](F)(F)F.F[B-](F)(F)F.F[B-](F)(F)F.[Hg]. The second kappa shape index (κ2) is 12.6. The van der Waals surface area contributed by atoms with E-state index in [4.69, 9.17) is 0 Å². The smallest absolute Gasteiger partial charge is 0.418 e. The zero-order valence-corrected chi connectivity index (χ0v) is 14.6. The van der Waals surface area contributed by atoms with Crippen LogP contribution in [-0.2, 0) is 27.7 Å². The normalized spacial score (nSPS) is 11.4. The summed E-state index contributed by atoms with van der Waals surface area (Å²) in [6, 6.07) is 0. The Labute approximate surface area is 126 Å². The molecule has 0 radical (unpaired) electrons. The maximum Gasteiger partial charge on any atom is 0.673 e. The largest absolute Gasteiger partial charge is 0.673 e. The van der Waals surface area contributed by atoms with E-state index in [9.17, 15) is 69.1 Å². The van der Waals surface area contributed by atoms with Gasteiger partial charge in [0.15, 0.2) is 0 Å². The molecule has 0 bridgehead atoms. The summed E-state index contributed by atoms with van der Waals surface area (Å²) in [5, 5.41) is 0.